The zero-order valence-electron chi connectivity index (χ0n) is 10.9. The van der Waals surface area contributed by atoms with E-state index in [0.717, 1.165) is 11.3 Å². The Bertz CT molecular complexity index is 719. The Morgan fingerprint density at radius 2 is 1.95 bits per heavy atom. The Hall–Kier alpha value is -2.75. The summed E-state index contributed by atoms with van der Waals surface area (Å²) in [7, 11) is 1.49. The highest BCUT2D eigenvalue weighted by atomic mass is 16.5. The molecule has 0 bridgehead atoms. The normalized spacial score (nSPS) is 15.1. The van der Waals surface area contributed by atoms with Crippen molar-refractivity contribution in [1.29, 1.82) is 0 Å². The van der Waals surface area contributed by atoms with Crippen molar-refractivity contribution in [2.24, 2.45) is 0 Å². The molecule has 0 radical (unpaired) electrons. The maximum atomic E-state index is 12.0. The number of fused-ring (bicyclic) bond motifs is 1. The molecule has 3 rings (SSSR count). The molecule has 1 aliphatic rings. The number of nitrogens with one attached hydrogen (secondary N) is 1. The Kier molecular flexibility index (Phi) is 2.91. The summed E-state index contributed by atoms with van der Waals surface area (Å²) in [5.41, 5.74) is 2.70. The van der Waals surface area contributed by atoms with Crippen LogP contribution in [-0.4, -0.2) is 18.1 Å². The van der Waals surface area contributed by atoms with Crippen LogP contribution in [0.2, 0.25) is 0 Å². The number of phenols is 1. The third kappa shape index (κ3) is 1.91. The highest BCUT2D eigenvalue weighted by Crippen LogP contribution is 2.36. The molecule has 0 fully saturated rings. The zero-order chi connectivity index (χ0) is 14.1. The van der Waals surface area contributed by atoms with E-state index in [-0.39, 0.29) is 11.7 Å². The van der Waals surface area contributed by atoms with E-state index in [9.17, 15) is 9.90 Å². The molecule has 1 aliphatic heterocycles. The van der Waals surface area contributed by atoms with Gasteiger partial charge in [0.15, 0.2) is 11.5 Å². The highest BCUT2D eigenvalue weighted by molar-refractivity contribution is 6.35. The minimum atomic E-state index is -0.173. The molecule has 20 heavy (non-hydrogen) atoms. The van der Waals surface area contributed by atoms with Gasteiger partial charge in [-0.15, -0.1) is 0 Å². The molecular weight excluding hydrogens is 254 g/mol. The maximum Gasteiger partial charge on any atom is 0.256 e. The summed E-state index contributed by atoms with van der Waals surface area (Å²) < 4.78 is 5.07. The smallest absolute Gasteiger partial charge is 0.256 e. The van der Waals surface area contributed by atoms with Gasteiger partial charge < -0.3 is 15.2 Å². The summed E-state index contributed by atoms with van der Waals surface area (Å²) >= 11 is 0. The molecule has 2 aromatic rings. The minimum Gasteiger partial charge on any atom is -0.504 e. The Balaban J connectivity index is 2.12. The zero-order valence-corrected chi connectivity index (χ0v) is 10.9. The van der Waals surface area contributed by atoms with Crippen molar-refractivity contribution in [3.8, 4) is 11.5 Å². The predicted octanol–water partition coefficient (Wildman–Crippen LogP) is 2.89. The van der Waals surface area contributed by atoms with Crippen molar-refractivity contribution in [1.82, 2.24) is 0 Å². The average Bonchev–Trinajstić information content (AvgIpc) is 2.77. The molecule has 2 aromatic carbocycles. The lowest BCUT2D eigenvalue weighted by atomic mass is 10.0. The van der Waals surface area contributed by atoms with Crippen LogP contribution in [0.3, 0.4) is 0 Å². The number of anilines is 1. The first-order valence-corrected chi connectivity index (χ1v) is 6.19. The second kappa shape index (κ2) is 4.74. The average molecular weight is 267 g/mol. The van der Waals surface area contributed by atoms with Gasteiger partial charge in [0.2, 0.25) is 0 Å². The molecule has 2 N–H and O–H groups in total. The van der Waals surface area contributed by atoms with Gasteiger partial charge in [-0.1, -0.05) is 30.3 Å². The second-order valence-corrected chi connectivity index (χ2v) is 4.46. The number of benzene rings is 2. The van der Waals surface area contributed by atoms with Crippen molar-refractivity contribution in [3.05, 3.63) is 53.6 Å². The first-order valence-electron chi connectivity index (χ1n) is 6.19. The Labute approximate surface area is 116 Å². The van der Waals surface area contributed by atoms with Gasteiger partial charge >= 0.3 is 0 Å². The number of phenolic OH excluding ortho intramolecular Hbond substituents is 1. The lowest BCUT2D eigenvalue weighted by molar-refractivity contribution is -0.110. The van der Waals surface area contributed by atoms with E-state index in [1.807, 2.05) is 24.3 Å². The van der Waals surface area contributed by atoms with E-state index >= 15 is 0 Å². The summed E-state index contributed by atoms with van der Waals surface area (Å²) in [6.07, 6.45) is 1.67. The molecule has 0 saturated heterocycles. The largest absolute Gasteiger partial charge is 0.504 e. The lowest BCUT2D eigenvalue weighted by Gasteiger charge is -2.06. The number of aromatic hydroxyl groups is 1. The van der Waals surface area contributed by atoms with Crippen LogP contribution in [0.25, 0.3) is 11.6 Å². The van der Waals surface area contributed by atoms with E-state index in [2.05, 4.69) is 5.32 Å². The molecular formula is C16H13NO3. The summed E-state index contributed by atoms with van der Waals surface area (Å²) in [5.74, 6) is 0.235. The predicted molar refractivity (Wildman–Crippen MR) is 77.6 cm³/mol. The van der Waals surface area contributed by atoms with Crippen LogP contribution in [0.4, 0.5) is 5.69 Å². The molecule has 0 saturated carbocycles. The summed E-state index contributed by atoms with van der Waals surface area (Å²) in [5, 5.41) is 12.9. The van der Waals surface area contributed by atoms with Gasteiger partial charge in [0.25, 0.3) is 5.91 Å². The van der Waals surface area contributed by atoms with Crippen molar-refractivity contribution < 1.29 is 14.6 Å². The quantitative estimate of drug-likeness (QED) is 0.822. The third-order valence-corrected chi connectivity index (χ3v) is 3.26. The van der Waals surface area contributed by atoms with Crippen molar-refractivity contribution in [2.45, 2.75) is 0 Å². The Morgan fingerprint density at radius 1 is 1.15 bits per heavy atom. The van der Waals surface area contributed by atoms with Gasteiger partial charge in [-0.25, -0.2) is 0 Å². The number of para-hydroxylation sites is 2. The highest BCUT2D eigenvalue weighted by Gasteiger charge is 2.23. The number of amides is 1. The third-order valence-electron chi connectivity index (χ3n) is 3.26. The fourth-order valence-corrected chi connectivity index (χ4v) is 2.26. The number of carbonyl (C=O) groups is 1. The van der Waals surface area contributed by atoms with Crippen LogP contribution in [0.1, 0.15) is 11.1 Å². The van der Waals surface area contributed by atoms with Crippen LogP contribution >= 0.6 is 0 Å². The van der Waals surface area contributed by atoms with Crippen molar-refractivity contribution >= 4 is 23.2 Å². The van der Waals surface area contributed by atoms with Crippen LogP contribution < -0.4 is 10.1 Å². The molecule has 0 unspecified atom stereocenters. The molecule has 0 aromatic heterocycles. The van der Waals surface area contributed by atoms with Crippen LogP contribution in [0.5, 0.6) is 11.5 Å². The maximum absolute atomic E-state index is 12.0. The first kappa shape index (κ1) is 12.3. The van der Waals surface area contributed by atoms with Gasteiger partial charge in [0, 0.05) is 22.4 Å². The van der Waals surface area contributed by atoms with Gasteiger partial charge in [0.05, 0.1) is 7.11 Å². The summed E-state index contributed by atoms with van der Waals surface area (Å²) in [6.45, 7) is 0. The van der Waals surface area contributed by atoms with E-state index < -0.39 is 0 Å². The number of carbonyl (C=O) groups excluding carboxylic acids is 1. The fraction of sp³-hybridized carbons (Fsp3) is 0.0625. The van der Waals surface area contributed by atoms with Crippen molar-refractivity contribution in [3.63, 3.8) is 0 Å². The van der Waals surface area contributed by atoms with Crippen LogP contribution in [-0.2, 0) is 4.79 Å². The number of hydrogen-bond donors (Lipinski definition) is 2. The van der Waals surface area contributed by atoms with Gasteiger partial charge in [0.1, 0.15) is 0 Å². The molecule has 4 nitrogen and oxygen atoms in total. The molecule has 1 amide bonds. The first-order chi connectivity index (χ1) is 9.70. The second-order valence-electron chi connectivity index (χ2n) is 4.46. The Morgan fingerprint density at radius 3 is 2.75 bits per heavy atom. The SMILES string of the molecule is COc1cccc(C=C2C(=O)Nc3ccccc32)c1O. The fourth-order valence-electron chi connectivity index (χ4n) is 2.26. The number of rotatable bonds is 2. The van der Waals surface area contributed by atoms with Crippen LogP contribution in [0.15, 0.2) is 42.5 Å². The summed E-state index contributed by atoms with van der Waals surface area (Å²) in [4.78, 5) is 12.0. The van der Waals surface area contributed by atoms with Gasteiger partial charge in [-0.05, 0) is 18.2 Å². The number of hydrogen-bond acceptors (Lipinski definition) is 3. The van der Waals surface area contributed by atoms with E-state index in [1.54, 1.807) is 24.3 Å². The molecule has 0 spiro atoms. The molecule has 0 atom stereocenters. The number of methoxy groups -OCH3 is 1. The van der Waals surface area contributed by atoms with Gasteiger partial charge in [-0.2, -0.15) is 0 Å². The standard InChI is InChI=1S/C16H13NO3/c1-20-14-8-4-5-10(15(14)18)9-12-11-6-2-3-7-13(11)17-16(12)19/h2-9,18H,1H3,(H,17,19). The summed E-state index contributed by atoms with van der Waals surface area (Å²) in [6, 6.07) is 12.6. The van der Waals surface area contributed by atoms with E-state index in [1.165, 1.54) is 7.11 Å². The minimum absolute atomic E-state index is 0.0275. The molecule has 4 heteroatoms. The van der Waals surface area contributed by atoms with Crippen molar-refractivity contribution in [2.75, 3.05) is 12.4 Å². The van der Waals surface area contributed by atoms with E-state index in [0.29, 0.717) is 16.9 Å². The van der Waals surface area contributed by atoms with Gasteiger partial charge in [-0.3, -0.25) is 4.79 Å². The van der Waals surface area contributed by atoms with Crippen LogP contribution in [0, 0.1) is 0 Å². The monoisotopic (exact) mass is 267 g/mol. The molecule has 1 heterocycles. The lowest BCUT2D eigenvalue weighted by Crippen LogP contribution is -2.03. The molecule has 0 aliphatic carbocycles. The topological polar surface area (TPSA) is 58.6 Å². The van der Waals surface area contributed by atoms with E-state index in [4.69, 9.17) is 4.74 Å². The molecule has 100 valence electrons. The number of ether oxygens (including phenoxy) is 1.